The summed E-state index contributed by atoms with van der Waals surface area (Å²) in [5.74, 6) is 1.62. The highest BCUT2D eigenvalue weighted by atomic mass is 16.3. The molecular formula is C12H14O3. The molecule has 0 fully saturated rings. The van der Waals surface area contributed by atoms with Crippen LogP contribution >= 0.6 is 0 Å². The lowest BCUT2D eigenvalue weighted by molar-refractivity contribution is 0.168. The first-order valence-electron chi connectivity index (χ1n) is 5.08. The van der Waals surface area contributed by atoms with Crippen LogP contribution in [0.15, 0.2) is 39.6 Å². The molecule has 0 aromatic carbocycles. The smallest absolute Gasteiger partial charge is 0.109 e. The molecule has 3 heteroatoms. The van der Waals surface area contributed by atoms with Crippen molar-refractivity contribution in [2.24, 2.45) is 0 Å². The Kier molecular flexibility index (Phi) is 2.92. The topological polar surface area (TPSA) is 46.5 Å². The molecule has 0 aliphatic carbocycles. The molecule has 1 unspecified atom stereocenters. The summed E-state index contributed by atoms with van der Waals surface area (Å²) >= 11 is 0. The molecule has 1 N–H and O–H groups in total. The minimum Gasteiger partial charge on any atom is -0.469 e. The van der Waals surface area contributed by atoms with Gasteiger partial charge < -0.3 is 13.9 Å². The van der Waals surface area contributed by atoms with E-state index in [2.05, 4.69) is 0 Å². The van der Waals surface area contributed by atoms with Crippen molar-refractivity contribution in [2.75, 3.05) is 0 Å². The summed E-state index contributed by atoms with van der Waals surface area (Å²) in [6.45, 7) is 2.00. The third kappa shape index (κ3) is 2.13. The Balaban J connectivity index is 2.11. The molecule has 2 rings (SSSR count). The third-order valence-electron chi connectivity index (χ3n) is 2.43. The molecule has 0 radical (unpaired) electrons. The SMILES string of the molecule is CCc1occc1C(O)Cc1ccco1. The summed E-state index contributed by atoms with van der Waals surface area (Å²) in [6.07, 6.45) is 3.94. The van der Waals surface area contributed by atoms with Crippen molar-refractivity contribution in [3.63, 3.8) is 0 Å². The van der Waals surface area contributed by atoms with Crippen molar-refractivity contribution in [1.29, 1.82) is 0 Å². The summed E-state index contributed by atoms with van der Waals surface area (Å²) in [7, 11) is 0. The Morgan fingerprint density at radius 2 is 2.13 bits per heavy atom. The Morgan fingerprint density at radius 3 is 2.80 bits per heavy atom. The summed E-state index contributed by atoms with van der Waals surface area (Å²) < 4.78 is 10.4. The third-order valence-corrected chi connectivity index (χ3v) is 2.43. The van der Waals surface area contributed by atoms with Crippen molar-refractivity contribution in [3.8, 4) is 0 Å². The molecule has 80 valence electrons. The Bertz CT molecular complexity index is 400. The summed E-state index contributed by atoms with van der Waals surface area (Å²) in [5.41, 5.74) is 0.855. The lowest BCUT2D eigenvalue weighted by Gasteiger charge is -2.08. The van der Waals surface area contributed by atoms with Gasteiger partial charge in [-0.1, -0.05) is 6.92 Å². The second-order valence-electron chi connectivity index (χ2n) is 3.45. The Hall–Kier alpha value is -1.48. The van der Waals surface area contributed by atoms with Gasteiger partial charge in [-0.15, -0.1) is 0 Å². The zero-order valence-electron chi connectivity index (χ0n) is 8.64. The molecule has 2 aromatic heterocycles. The van der Waals surface area contributed by atoms with Crippen LogP contribution in [0, 0.1) is 0 Å². The van der Waals surface area contributed by atoms with Gasteiger partial charge in [-0.2, -0.15) is 0 Å². The monoisotopic (exact) mass is 206 g/mol. The van der Waals surface area contributed by atoms with E-state index in [9.17, 15) is 5.11 Å². The fourth-order valence-corrected chi connectivity index (χ4v) is 1.66. The van der Waals surface area contributed by atoms with Gasteiger partial charge in [0.1, 0.15) is 11.5 Å². The summed E-state index contributed by atoms with van der Waals surface area (Å²) in [6, 6.07) is 5.49. The highest BCUT2D eigenvalue weighted by molar-refractivity contribution is 5.21. The van der Waals surface area contributed by atoms with Gasteiger partial charge in [0.15, 0.2) is 0 Å². The van der Waals surface area contributed by atoms with E-state index in [4.69, 9.17) is 8.83 Å². The average molecular weight is 206 g/mol. The van der Waals surface area contributed by atoms with E-state index >= 15 is 0 Å². The number of aliphatic hydroxyl groups excluding tert-OH is 1. The number of aryl methyl sites for hydroxylation is 1. The second kappa shape index (κ2) is 4.36. The van der Waals surface area contributed by atoms with E-state index in [-0.39, 0.29) is 0 Å². The van der Waals surface area contributed by atoms with Gasteiger partial charge in [0, 0.05) is 18.4 Å². The van der Waals surface area contributed by atoms with Crippen LogP contribution in [0.1, 0.15) is 30.1 Å². The number of aliphatic hydroxyl groups is 1. The van der Waals surface area contributed by atoms with Gasteiger partial charge in [-0.3, -0.25) is 0 Å². The van der Waals surface area contributed by atoms with E-state index < -0.39 is 6.10 Å². The van der Waals surface area contributed by atoms with Crippen molar-refractivity contribution in [2.45, 2.75) is 25.9 Å². The summed E-state index contributed by atoms with van der Waals surface area (Å²) in [4.78, 5) is 0. The summed E-state index contributed by atoms with van der Waals surface area (Å²) in [5, 5.41) is 9.97. The van der Waals surface area contributed by atoms with E-state index in [1.54, 1.807) is 12.5 Å². The van der Waals surface area contributed by atoms with Crippen LogP contribution in [-0.2, 0) is 12.8 Å². The molecule has 3 nitrogen and oxygen atoms in total. The van der Waals surface area contributed by atoms with Gasteiger partial charge in [-0.25, -0.2) is 0 Å². The van der Waals surface area contributed by atoms with Crippen LogP contribution in [0.4, 0.5) is 0 Å². The highest BCUT2D eigenvalue weighted by Crippen LogP contribution is 2.23. The van der Waals surface area contributed by atoms with Crippen LogP contribution < -0.4 is 0 Å². The van der Waals surface area contributed by atoms with Crippen LogP contribution in [-0.4, -0.2) is 5.11 Å². The van der Waals surface area contributed by atoms with E-state index in [0.717, 1.165) is 23.5 Å². The number of furan rings is 2. The van der Waals surface area contributed by atoms with Crippen molar-refractivity contribution in [1.82, 2.24) is 0 Å². The van der Waals surface area contributed by atoms with Crippen molar-refractivity contribution in [3.05, 3.63) is 47.8 Å². The minimum absolute atomic E-state index is 0.486. The van der Waals surface area contributed by atoms with Gasteiger partial charge in [0.2, 0.25) is 0 Å². The van der Waals surface area contributed by atoms with Gasteiger partial charge in [0.25, 0.3) is 0 Å². The average Bonchev–Trinajstić information content (AvgIpc) is 2.86. The lowest BCUT2D eigenvalue weighted by atomic mass is 10.1. The van der Waals surface area contributed by atoms with Gasteiger partial charge >= 0.3 is 0 Å². The maximum absolute atomic E-state index is 9.97. The zero-order valence-corrected chi connectivity index (χ0v) is 8.64. The molecule has 0 amide bonds. The first kappa shape index (κ1) is 10.1. The predicted octanol–water partition coefficient (Wildman–Crippen LogP) is 2.71. The normalized spacial score (nSPS) is 12.9. The fourth-order valence-electron chi connectivity index (χ4n) is 1.66. The minimum atomic E-state index is -0.551. The maximum atomic E-state index is 9.97. The predicted molar refractivity (Wildman–Crippen MR) is 55.5 cm³/mol. The molecule has 2 aromatic rings. The standard InChI is InChI=1S/C12H14O3/c1-2-12-10(5-7-15-12)11(13)8-9-4-3-6-14-9/h3-7,11,13H,2,8H2,1H3. The first-order valence-corrected chi connectivity index (χ1v) is 5.08. The van der Waals surface area contributed by atoms with Crippen molar-refractivity contribution >= 4 is 0 Å². The van der Waals surface area contributed by atoms with Crippen molar-refractivity contribution < 1.29 is 13.9 Å². The molecule has 0 aliphatic rings. The van der Waals surface area contributed by atoms with E-state index in [0.29, 0.717) is 6.42 Å². The molecule has 0 saturated carbocycles. The number of hydrogen-bond acceptors (Lipinski definition) is 3. The Morgan fingerprint density at radius 1 is 1.27 bits per heavy atom. The molecule has 15 heavy (non-hydrogen) atoms. The zero-order chi connectivity index (χ0) is 10.7. The van der Waals surface area contributed by atoms with Crippen LogP contribution in [0.25, 0.3) is 0 Å². The van der Waals surface area contributed by atoms with E-state index in [1.807, 2.05) is 25.1 Å². The second-order valence-corrected chi connectivity index (χ2v) is 3.45. The lowest BCUT2D eigenvalue weighted by Crippen LogP contribution is -2.02. The fraction of sp³-hybridized carbons (Fsp3) is 0.333. The molecule has 0 spiro atoms. The quantitative estimate of drug-likeness (QED) is 0.836. The Labute approximate surface area is 88.3 Å². The number of rotatable bonds is 4. The van der Waals surface area contributed by atoms with Gasteiger partial charge in [-0.05, 0) is 18.2 Å². The van der Waals surface area contributed by atoms with Gasteiger partial charge in [0.05, 0.1) is 18.6 Å². The molecule has 0 bridgehead atoms. The van der Waals surface area contributed by atoms with Crippen LogP contribution in [0.2, 0.25) is 0 Å². The largest absolute Gasteiger partial charge is 0.469 e. The molecule has 1 atom stereocenters. The molecule has 2 heterocycles. The van der Waals surface area contributed by atoms with Crippen LogP contribution in [0.5, 0.6) is 0 Å². The molecule has 0 aliphatic heterocycles. The van der Waals surface area contributed by atoms with E-state index in [1.165, 1.54) is 0 Å². The maximum Gasteiger partial charge on any atom is 0.109 e. The first-order chi connectivity index (χ1) is 7.31. The molecular weight excluding hydrogens is 192 g/mol. The van der Waals surface area contributed by atoms with Crippen LogP contribution in [0.3, 0.4) is 0 Å². The molecule has 0 saturated heterocycles. The number of hydrogen-bond donors (Lipinski definition) is 1. The highest BCUT2D eigenvalue weighted by Gasteiger charge is 2.15.